The average Bonchev–Trinajstić information content (AvgIpc) is 3.05. The zero-order valence-electron chi connectivity index (χ0n) is 12.9. The lowest BCUT2D eigenvalue weighted by molar-refractivity contribution is 0.0517. The summed E-state index contributed by atoms with van der Waals surface area (Å²) in [5, 5.41) is 0.729. The summed E-state index contributed by atoms with van der Waals surface area (Å²) in [6.07, 6.45) is 1.05. The lowest BCUT2D eigenvalue weighted by Crippen LogP contribution is -2.31. The first-order valence-corrected chi connectivity index (χ1v) is 7.86. The third kappa shape index (κ3) is 3.41. The van der Waals surface area contributed by atoms with Gasteiger partial charge in [-0.3, -0.25) is 4.79 Å². The van der Waals surface area contributed by atoms with Gasteiger partial charge in [0.1, 0.15) is 4.88 Å². The predicted octanol–water partition coefficient (Wildman–Crippen LogP) is 1.66. The van der Waals surface area contributed by atoms with Crippen LogP contribution in [0.3, 0.4) is 0 Å². The molecule has 1 unspecified atom stereocenters. The lowest BCUT2D eigenvalue weighted by Gasteiger charge is -2.19. The Hall–Kier alpha value is -1.47. The highest BCUT2D eigenvalue weighted by Crippen LogP contribution is 2.30. The summed E-state index contributed by atoms with van der Waals surface area (Å²) >= 11 is 1.28. The van der Waals surface area contributed by atoms with Gasteiger partial charge in [0.15, 0.2) is 16.6 Å². The molecule has 0 bridgehead atoms. The van der Waals surface area contributed by atoms with Crippen LogP contribution in [0.25, 0.3) is 0 Å². The van der Waals surface area contributed by atoms with Crippen molar-refractivity contribution >= 4 is 28.2 Å². The minimum absolute atomic E-state index is 0.148. The molecule has 116 valence electrons. The standard InChI is InChI=1S/C14H21N3O3S/c1-5-20-13(19)11-12(9(2)18)21-14(15-11)17-7-6-10(8-17)16(3)4/h10H,5-8H2,1-4H3. The molecule has 1 aliphatic heterocycles. The van der Waals surface area contributed by atoms with Gasteiger partial charge in [0.05, 0.1) is 6.61 Å². The molecule has 0 amide bonds. The van der Waals surface area contributed by atoms with E-state index in [9.17, 15) is 9.59 Å². The van der Waals surface area contributed by atoms with Gasteiger partial charge in [-0.15, -0.1) is 0 Å². The second kappa shape index (κ2) is 6.53. The van der Waals surface area contributed by atoms with E-state index in [0.717, 1.165) is 24.6 Å². The fraction of sp³-hybridized carbons (Fsp3) is 0.643. The highest BCUT2D eigenvalue weighted by molar-refractivity contribution is 7.17. The molecule has 0 aromatic carbocycles. The molecule has 1 aromatic heterocycles. The molecule has 0 radical (unpaired) electrons. The highest BCUT2D eigenvalue weighted by Gasteiger charge is 2.29. The number of aromatic nitrogens is 1. The zero-order chi connectivity index (χ0) is 15.6. The minimum Gasteiger partial charge on any atom is -0.461 e. The SMILES string of the molecule is CCOC(=O)c1nc(N2CCC(N(C)C)C2)sc1C(C)=O. The Bertz CT molecular complexity index is 542. The largest absolute Gasteiger partial charge is 0.461 e. The number of rotatable bonds is 5. The quantitative estimate of drug-likeness (QED) is 0.609. The van der Waals surface area contributed by atoms with E-state index < -0.39 is 5.97 Å². The van der Waals surface area contributed by atoms with Gasteiger partial charge in [-0.25, -0.2) is 9.78 Å². The molecule has 1 aromatic rings. The monoisotopic (exact) mass is 311 g/mol. The van der Waals surface area contributed by atoms with Crippen molar-refractivity contribution in [2.75, 3.05) is 38.7 Å². The van der Waals surface area contributed by atoms with Crippen LogP contribution in [-0.4, -0.2) is 61.5 Å². The van der Waals surface area contributed by atoms with Crippen molar-refractivity contribution in [2.45, 2.75) is 26.3 Å². The van der Waals surface area contributed by atoms with Crippen LogP contribution in [0.15, 0.2) is 0 Å². The predicted molar refractivity (Wildman–Crippen MR) is 82.4 cm³/mol. The Balaban J connectivity index is 2.24. The van der Waals surface area contributed by atoms with Crippen LogP contribution in [0, 0.1) is 0 Å². The van der Waals surface area contributed by atoms with E-state index in [-0.39, 0.29) is 18.1 Å². The van der Waals surface area contributed by atoms with Crippen LogP contribution < -0.4 is 4.90 Å². The van der Waals surface area contributed by atoms with Crippen molar-refractivity contribution in [3.8, 4) is 0 Å². The number of esters is 1. The van der Waals surface area contributed by atoms with Crippen LogP contribution >= 0.6 is 11.3 Å². The van der Waals surface area contributed by atoms with E-state index in [1.807, 2.05) is 0 Å². The zero-order valence-corrected chi connectivity index (χ0v) is 13.7. The molecule has 6 nitrogen and oxygen atoms in total. The summed E-state index contributed by atoms with van der Waals surface area (Å²) in [4.78, 5) is 32.7. The lowest BCUT2D eigenvalue weighted by atomic mass is 10.2. The van der Waals surface area contributed by atoms with Gasteiger partial charge in [0.2, 0.25) is 0 Å². The number of carbonyl (C=O) groups excluding carboxylic acids is 2. The van der Waals surface area contributed by atoms with E-state index in [1.165, 1.54) is 18.3 Å². The summed E-state index contributed by atoms with van der Waals surface area (Å²) in [6.45, 7) is 5.21. The molecule has 1 fully saturated rings. The number of hydrogen-bond donors (Lipinski definition) is 0. The molecular weight excluding hydrogens is 290 g/mol. The van der Waals surface area contributed by atoms with E-state index >= 15 is 0 Å². The van der Waals surface area contributed by atoms with E-state index in [2.05, 4.69) is 28.9 Å². The molecule has 1 aliphatic rings. The summed E-state index contributed by atoms with van der Waals surface area (Å²) in [6, 6.07) is 0.473. The summed E-state index contributed by atoms with van der Waals surface area (Å²) in [5.74, 6) is -0.668. The normalized spacial score (nSPS) is 18.3. The van der Waals surface area contributed by atoms with E-state index in [4.69, 9.17) is 4.74 Å². The third-order valence-corrected chi connectivity index (χ3v) is 4.79. The maximum atomic E-state index is 11.9. The summed E-state index contributed by atoms with van der Waals surface area (Å²) in [7, 11) is 4.11. The number of carbonyl (C=O) groups is 2. The van der Waals surface area contributed by atoms with Gasteiger partial charge in [0.25, 0.3) is 0 Å². The number of likely N-dealkylation sites (N-methyl/N-ethyl adjacent to an activating group) is 1. The van der Waals surface area contributed by atoms with E-state index in [0.29, 0.717) is 10.9 Å². The first-order chi connectivity index (χ1) is 9.93. The number of nitrogens with zero attached hydrogens (tertiary/aromatic N) is 3. The maximum absolute atomic E-state index is 11.9. The Morgan fingerprint density at radius 3 is 2.71 bits per heavy atom. The van der Waals surface area contributed by atoms with Crippen LogP contribution in [0.2, 0.25) is 0 Å². The first-order valence-electron chi connectivity index (χ1n) is 7.04. The smallest absolute Gasteiger partial charge is 0.358 e. The van der Waals surface area contributed by atoms with Crippen molar-refractivity contribution in [3.63, 3.8) is 0 Å². The number of hydrogen-bond acceptors (Lipinski definition) is 7. The molecule has 21 heavy (non-hydrogen) atoms. The second-order valence-corrected chi connectivity index (χ2v) is 6.28. The van der Waals surface area contributed by atoms with Gasteiger partial charge in [-0.05, 0) is 27.4 Å². The van der Waals surface area contributed by atoms with Crippen LogP contribution in [0.1, 0.15) is 40.4 Å². The van der Waals surface area contributed by atoms with Gasteiger partial charge in [-0.1, -0.05) is 11.3 Å². The molecule has 2 rings (SSSR count). The number of Topliss-reactive ketones (excluding diaryl/α,β-unsaturated/α-hetero) is 1. The molecule has 0 spiro atoms. The van der Waals surface area contributed by atoms with Crippen molar-refractivity contribution in [1.82, 2.24) is 9.88 Å². The maximum Gasteiger partial charge on any atom is 0.358 e. The number of anilines is 1. The van der Waals surface area contributed by atoms with Crippen molar-refractivity contribution in [2.24, 2.45) is 0 Å². The van der Waals surface area contributed by atoms with Gasteiger partial charge < -0.3 is 14.5 Å². The third-order valence-electron chi connectivity index (χ3n) is 3.57. The number of ether oxygens (including phenoxy) is 1. The van der Waals surface area contributed by atoms with Crippen LogP contribution in [-0.2, 0) is 4.74 Å². The number of ketones is 1. The average molecular weight is 311 g/mol. The fourth-order valence-electron chi connectivity index (χ4n) is 2.36. The molecule has 1 saturated heterocycles. The molecule has 2 heterocycles. The minimum atomic E-state index is -0.520. The van der Waals surface area contributed by atoms with Crippen LogP contribution in [0.4, 0.5) is 5.13 Å². The second-order valence-electron chi connectivity index (χ2n) is 5.30. The summed E-state index contributed by atoms with van der Waals surface area (Å²) in [5.41, 5.74) is 0.151. The van der Waals surface area contributed by atoms with Crippen molar-refractivity contribution in [3.05, 3.63) is 10.6 Å². The summed E-state index contributed by atoms with van der Waals surface area (Å²) < 4.78 is 4.98. The van der Waals surface area contributed by atoms with Gasteiger partial charge in [0, 0.05) is 26.1 Å². The first kappa shape index (κ1) is 15.9. The Morgan fingerprint density at radius 1 is 1.48 bits per heavy atom. The molecular formula is C14H21N3O3S. The fourth-order valence-corrected chi connectivity index (χ4v) is 3.34. The van der Waals surface area contributed by atoms with E-state index in [1.54, 1.807) is 6.92 Å². The van der Waals surface area contributed by atoms with Gasteiger partial charge >= 0.3 is 5.97 Å². The van der Waals surface area contributed by atoms with Gasteiger partial charge in [-0.2, -0.15) is 0 Å². The molecule has 7 heteroatoms. The topological polar surface area (TPSA) is 62.7 Å². The van der Waals surface area contributed by atoms with Crippen LogP contribution in [0.5, 0.6) is 0 Å². The Morgan fingerprint density at radius 2 is 2.19 bits per heavy atom. The molecule has 0 saturated carbocycles. The number of thiazole rings is 1. The Kier molecular flexibility index (Phi) is 4.95. The van der Waals surface area contributed by atoms with Crippen molar-refractivity contribution in [1.29, 1.82) is 0 Å². The van der Waals surface area contributed by atoms with Crippen molar-refractivity contribution < 1.29 is 14.3 Å². The Labute approximate surface area is 128 Å². The molecule has 1 atom stereocenters. The highest BCUT2D eigenvalue weighted by atomic mass is 32.1. The molecule has 0 aliphatic carbocycles. The molecule has 0 N–H and O–H groups in total.